The largest absolute Gasteiger partial charge is 0.481 e. The molecule has 0 bridgehead atoms. The second kappa shape index (κ2) is 9.07. The summed E-state index contributed by atoms with van der Waals surface area (Å²) in [5.74, 6) is -1.67. The number of carboxylic acids is 1. The van der Waals surface area contributed by atoms with Crippen molar-refractivity contribution in [1.82, 2.24) is 5.32 Å². The zero-order valence-corrected chi connectivity index (χ0v) is 11.4. The van der Waals surface area contributed by atoms with Gasteiger partial charge in [0.15, 0.2) is 0 Å². The molecule has 0 saturated carbocycles. The quantitative estimate of drug-likeness (QED) is 0.684. The first-order valence-electron chi connectivity index (χ1n) is 6.86. The average molecular weight is 283 g/mol. The Morgan fingerprint density at radius 1 is 1.10 bits per heavy atom. The van der Waals surface area contributed by atoms with Gasteiger partial charge in [0.05, 0.1) is 5.56 Å². The second-order valence-corrected chi connectivity index (χ2v) is 4.65. The molecule has 0 fully saturated rings. The summed E-state index contributed by atoms with van der Waals surface area (Å²) in [6, 6.07) is 5.89. The molecule has 0 aliphatic carbocycles. The van der Waals surface area contributed by atoms with E-state index >= 15 is 0 Å². The lowest BCUT2D eigenvalue weighted by Crippen LogP contribution is -2.25. The maximum absolute atomic E-state index is 13.3. The molecule has 2 N–H and O–H groups in total. The molecular formula is C15H22FNO3. The van der Waals surface area contributed by atoms with Gasteiger partial charge >= 0.3 is 5.97 Å². The Hall–Kier alpha value is -1.91. The fraction of sp³-hybridized carbons (Fsp3) is 0.467. The summed E-state index contributed by atoms with van der Waals surface area (Å²) >= 11 is 0. The van der Waals surface area contributed by atoms with Crippen LogP contribution in [0.2, 0.25) is 0 Å². The molecule has 0 saturated heterocycles. The Labute approximate surface area is 119 Å². The molecule has 112 valence electrons. The Bertz CT molecular complexity index is 454. The first kappa shape index (κ1) is 16.1. The van der Waals surface area contributed by atoms with Crippen molar-refractivity contribution in [1.29, 1.82) is 0 Å². The van der Waals surface area contributed by atoms with E-state index in [0.717, 1.165) is 25.7 Å². The molecule has 0 radical (unpaired) electrons. The van der Waals surface area contributed by atoms with Crippen molar-refractivity contribution in [2.45, 2.75) is 38.5 Å². The minimum Gasteiger partial charge on any atom is -0.481 e. The predicted octanol–water partition coefficient (Wildman–Crippen LogP) is 3.23. The third kappa shape index (κ3) is 6.31. The molecule has 0 atom stereocenters. The summed E-state index contributed by atoms with van der Waals surface area (Å²) in [4.78, 5) is 22.0. The van der Waals surface area contributed by atoms with Crippen LogP contribution in [0.3, 0.4) is 0 Å². The van der Waals surface area contributed by atoms with Gasteiger partial charge in [-0.15, -0.1) is 0 Å². The average Bonchev–Trinajstić information content (AvgIpc) is 2.41. The number of rotatable bonds is 9. The minimum atomic E-state index is -0.762. The summed E-state index contributed by atoms with van der Waals surface area (Å²) in [6.45, 7) is 0.506. The summed E-state index contributed by atoms with van der Waals surface area (Å²) in [5.41, 5.74) is 0.0639. The molecule has 0 unspecified atom stereocenters. The first-order chi connectivity index (χ1) is 9.61. The van der Waals surface area contributed by atoms with Gasteiger partial charge in [0.1, 0.15) is 5.82 Å². The van der Waals surface area contributed by atoms with E-state index in [9.17, 15) is 14.0 Å². The van der Waals surface area contributed by atoms with Gasteiger partial charge in [-0.1, -0.05) is 31.4 Å². The second-order valence-electron chi connectivity index (χ2n) is 4.65. The fourth-order valence-corrected chi connectivity index (χ4v) is 1.87. The first-order valence-corrected chi connectivity index (χ1v) is 6.86. The molecule has 20 heavy (non-hydrogen) atoms. The third-order valence-corrected chi connectivity index (χ3v) is 2.97. The molecule has 0 spiro atoms. The van der Waals surface area contributed by atoms with Gasteiger partial charge in [-0.25, -0.2) is 4.39 Å². The van der Waals surface area contributed by atoms with Crippen LogP contribution in [0.5, 0.6) is 0 Å². The highest BCUT2D eigenvalue weighted by Gasteiger charge is 2.09. The van der Waals surface area contributed by atoms with Crippen molar-refractivity contribution >= 4 is 11.9 Å². The molecule has 1 aromatic rings. The van der Waals surface area contributed by atoms with Gasteiger partial charge in [-0.05, 0) is 25.0 Å². The SMILES string of the molecule is O=C(O)CCCCCCCNC(=O)c1ccccc1F.[HH]. The Morgan fingerprint density at radius 3 is 2.45 bits per heavy atom. The number of amides is 1. The molecule has 0 aliphatic heterocycles. The van der Waals surface area contributed by atoms with Crippen LogP contribution >= 0.6 is 0 Å². The molecule has 1 rings (SSSR count). The van der Waals surface area contributed by atoms with E-state index in [2.05, 4.69) is 5.32 Å². The van der Waals surface area contributed by atoms with Gasteiger partial charge in [0.2, 0.25) is 0 Å². The number of carbonyl (C=O) groups excluding carboxylic acids is 1. The van der Waals surface area contributed by atoms with Crippen molar-refractivity contribution < 1.29 is 20.5 Å². The third-order valence-electron chi connectivity index (χ3n) is 2.97. The van der Waals surface area contributed by atoms with E-state index in [4.69, 9.17) is 5.11 Å². The number of carbonyl (C=O) groups is 2. The Kier molecular flexibility index (Phi) is 7.32. The summed E-state index contributed by atoms with van der Waals surface area (Å²) in [5, 5.41) is 11.1. The van der Waals surface area contributed by atoms with Crippen molar-refractivity contribution in [2.75, 3.05) is 6.54 Å². The van der Waals surface area contributed by atoms with Crippen molar-refractivity contribution in [3.63, 3.8) is 0 Å². The highest BCUT2D eigenvalue weighted by atomic mass is 19.1. The van der Waals surface area contributed by atoms with Crippen molar-refractivity contribution in [2.24, 2.45) is 0 Å². The van der Waals surface area contributed by atoms with Gasteiger partial charge < -0.3 is 10.4 Å². The topological polar surface area (TPSA) is 66.4 Å². The highest BCUT2D eigenvalue weighted by Crippen LogP contribution is 2.07. The zero-order chi connectivity index (χ0) is 14.8. The van der Waals surface area contributed by atoms with E-state index in [0.29, 0.717) is 13.0 Å². The number of carboxylic acid groups (broad SMARTS) is 1. The van der Waals surface area contributed by atoms with Crippen LogP contribution in [0.4, 0.5) is 4.39 Å². The molecule has 1 aromatic carbocycles. The summed E-state index contributed by atoms with van der Waals surface area (Å²) in [7, 11) is 0. The summed E-state index contributed by atoms with van der Waals surface area (Å²) < 4.78 is 13.3. The lowest BCUT2D eigenvalue weighted by atomic mass is 10.1. The minimum absolute atomic E-state index is 0. The smallest absolute Gasteiger partial charge is 0.303 e. The van der Waals surface area contributed by atoms with E-state index in [-0.39, 0.29) is 13.4 Å². The zero-order valence-electron chi connectivity index (χ0n) is 11.4. The van der Waals surface area contributed by atoms with E-state index in [1.165, 1.54) is 12.1 Å². The monoisotopic (exact) mass is 283 g/mol. The predicted molar refractivity (Wildman–Crippen MR) is 76.2 cm³/mol. The van der Waals surface area contributed by atoms with Crippen LogP contribution in [0.15, 0.2) is 24.3 Å². The van der Waals surface area contributed by atoms with E-state index < -0.39 is 17.7 Å². The molecule has 1 amide bonds. The molecule has 0 heterocycles. The lowest BCUT2D eigenvalue weighted by molar-refractivity contribution is -0.137. The Balaban J connectivity index is 0.00000400. The van der Waals surface area contributed by atoms with Crippen LogP contribution in [-0.2, 0) is 4.79 Å². The molecule has 5 heteroatoms. The Morgan fingerprint density at radius 2 is 1.75 bits per heavy atom. The molecule has 0 aliphatic rings. The van der Waals surface area contributed by atoms with Crippen LogP contribution in [0.1, 0.15) is 50.3 Å². The normalized spacial score (nSPS) is 10.2. The fourth-order valence-electron chi connectivity index (χ4n) is 1.87. The van der Waals surface area contributed by atoms with Gasteiger partial charge in [-0.3, -0.25) is 9.59 Å². The van der Waals surface area contributed by atoms with Crippen molar-refractivity contribution in [3.05, 3.63) is 35.6 Å². The summed E-state index contributed by atoms with van der Waals surface area (Å²) in [6.07, 6.45) is 4.47. The molecule has 0 aromatic heterocycles. The van der Waals surface area contributed by atoms with E-state index in [1.807, 2.05) is 0 Å². The van der Waals surface area contributed by atoms with Gasteiger partial charge in [0, 0.05) is 14.4 Å². The maximum atomic E-state index is 13.3. The molecule has 4 nitrogen and oxygen atoms in total. The number of hydrogen-bond acceptors (Lipinski definition) is 2. The number of hydrogen-bond donors (Lipinski definition) is 2. The number of nitrogens with one attached hydrogen (secondary N) is 1. The van der Waals surface area contributed by atoms with E-state index in [1.54, 1.807) is 12.1 Å². The van der Waals surface area contributed by atoms with Gasteiger partial charge in [0.25, 0.3) is 5.91 Å². The van der Waals surface area contributed by atoms with Gasteiger partial charge in [-0.2, -0.15) is 0 Å². The number of benzene rings is 1. The number of unbranched alkanes of at least 4 members (excludes halogenated alkanes) is 4. The van der Waals surface area contributed by atoms with Crippen LogP contribution < -0.4 is 5.32 Å². The molecular weight excluding hydrogens is 261 g/mol. The van der Waals surface area contributed by atoms with Crippen LogP contribution in [0, 0.1) is 5.82 Å². The van der Waals surface area contributed by atoms with Crippen LogP contribution in [0.25, 0.3) is 0 Å². The van der Waals surface area contributed by atoms with Crippen molar-refractivity contribution in [3.8, 4) is 0 Å². The number of aliphatic carboxylic acids is 1. The standard InChI is InChI=1S/C15H20FNO3.H2/c16-13-9-6-5-8-12(13)15(20)17-11-7-3-1-2-4-10-14(18)19;/h5-6,8-9H,1-4,7,10-11H2,(H,17,20)(H,18,19);1H. The maximum Gasteiger partial charge on any atom is 0.303 e. The number of halogens is 1. The van der Waals surface area contributed by atoms with Crippen LogP contribution in [-0.4, -0.2) is 23.5 Å². The highest BCUT2D eigenvalue weighted by molar-refractivity contribution is 5.94. The lowest BCUT2D eigenvalue weighted by Gasteiger charge is -2.06.